The lowest BCUT2D eigenvalue weighted by Crippen LogP contribution is -2.42. The first-order valence-corrected chi connectivity index (χ1v) is 8.02. The van der Waals surface area contributed by atoms with E-state index >= 15 is 0 Å². The van der Waals surface area contributed by atoms with Crippen molar-refractivity contribution < 1.29 is 18.3 Å². The number of aliphatic hydroxyl groups is 1. The first-order chi connectivity index (χ1) is 8.00. The topological polar surface area (TPSA) is 74.7 Å². The molecule has 1 N–H and O–H groups in total. The zero-order valence-corrected chi connectivity index (χ0v) is 11.2. The summed E-state index contributed by atoms with van der Waals surface area (Å²) in [6, 6.07) is -0.282. The number of sulfone groups is 1. The average Bonchev–Trinajstić information content (AvgIpc) is 2.63. The Morgan fingerprint density at radius 1 is 1.47 bits per heavy atom. The summed E-state index contributed by atoms with van der Waals surface area (Å²) in [5.74, 6) is 0.422. The van der Waals surface area contributed by atoms with Crippen molar-refractivity contribution in [3.8, 4) is 0 Å². The quantitative estimate of drug-likeness (QED) is 0.697. The van der Waals surface area contributed by atoms with E-state index in [1.165, 1.54) is 4.90 Å². The van der Waals surface area contributed by atoms with Crippen LogP contribution in [0.5, 0.6) is 0 Å². The summed E-state index contributed by atoms with van der Waals surface area (Å²) in [5.41, 5.74) is 0. The molecule has 0 spiro atoms. The van der Waals surface area contributed by atoms with Crippen LogP contribution >= 0.6 is 11.6 Å². The van der Waals surface area contributed by atoms with Crippen LogP contribution in [0.4, 0.5) is 0 Å². The van der Waals surface area contributed by atoms with Crippen LogP contribution in [0.15, 0.2) is 0 Å². The van der Waals surface area contributed by atoms with Gasteiger partial charge in [-0.1, -0.05) is 0 Å². The Labute approximate surface area is 107 Å². The minimum Gasteiger partial charge on any atom is -0.395 e. The van der Waals surface area contributed by atoms with Crippen LogP contribution < -0.4 is 0 Å². The molecule has 1 aliphatic rings. The maximum atomic E-state index is 11.9. The second-order valence-electron chi connectivity index (χ2n) is 4.16. The Morgan fingerprint density at radius 3 is 2.65 bits per heavy atom. The van der Waals surface area contributed by atoms with Gasteiger partial charge in [0.25, 0.3) is 0 Å². The molecule has 0 aromatic heterocycles. The lowest BCUT2D eigenvalue weighted by atomic mass is 10.2. The van der Waals surface area contributed by atoms with E-state index in [9.17, 15) is 13.2 Å². The molecule has 1 rings (SSSR count). The van der Waals surface area contributed by atoms with Gasteiger partial charge in [-0.25, -0.2) is 8.42 Å². The van der Waals surface area contributed by atoms with E-state index in [1.54, 1.807) is 0 Å². The fourth-order valence-electron chi connectivity index (χ4n) is 2.00. The van der Waals surface area contributed by atoms with E-state index in [2.05, 4.69) is 0 Å². The van der Waals surface area contributed by atoms with Gasteiger partial charge in [0, 0.05) is 24.9 Å². The van der Waals surface area contributed by atoms with Gasteiger partial charge in [-0.3, -0.25) is 4.79 Å². The number of carbonyl (C=O) groups excluding carboxylic acids is 1. The number of aliphatic hydroxyl groups excluding tert-OH is 1. The summed E-state index contributed by atoms with van der Waals surface area (Å²) in [6.07, 6.45) is 1.34. The largest absolute Gasteiger partial charge is 0.395 e. The maximum Gasteiger partial charge on any atom is 0.222 e. The van der Waals surface area contributed by atoms with Crippen LogP contribution in [0, 0.1) is 0 Å². The number of nitrogens with zero attached hydrogens (tertiary/aromatic N) is 1. The van der Waals surface area contributed by atoms with Gasteiger partial charge in [-0.05, 0) is 12.8 Å². The molecule has 1 aliphatic heterocycles. The molecule has 1 amide bonds. The predicted molar refractivity (Wildman–Crippen MR) is 65.8 cm³/mol. The lowest BCUT2D eigenvalue weighted by molar-refractivity contribution is -0.133. The van der Waals surface area contributed by atoms with Gasteiger partial charge >= 0.3 is 0 Å². The normalized spacial score (nSPS) is 22.6. The molecule has 1 fully saturated rings. The predicted octanol–water partition coefficient (Wildman–Crippen LogP) is 0.0134. The highest BCUT2D eigenvalue weighted by molar-refractivity contribution is 7.91. The molecule has 1 atom stereocenters. The highest BCUT2D eigenvalue weighted by atomic mass is 35.5. The summed E-state index contributed by atoms with van der Waals surface area (Å²) >= 11 is 5.52. The SMILES string of the molecule is O=C(CCCCl)N(CCO)C1CCS(=O)(=O)C1. The Kier molecular flexibility index (Phi) is 5.69. The van der Waals surface area contributed by atoms with Crippen LogP contribution in [0.1, 0.15) is 19.3 Å². The number of halogens is 1. The van der Waals surface area contributed by atoms with E-state index in [-0.39, 0.29) is 36.6 Å². The van der Waals surface area contributed by atoms with Crippen molar-refractivity contribution in [1.29, 1.82) is 0 Å². The van der Waals surface area contributed by atoms with Crippen molar-refractivity contribution in [1.82, 2.24) is 4.90 Å². The van der Waals surface area contributed by atoms with E-state index in [0.717, 1.165) is 0 Å². The first-order valence-electron chi connectivity index (χ1n) is 5.67. The van der Waals surface area contributed by atoms with Gasteiger partial charge in [-0.15, -0.1) is 11.6 Å². The number of alkyl halides is 1. The molecule has 1 saturated heterocycles. The fourth-order valence-corrected chi connectivity index (χ4v) is 3.87. The standard InChI is InChI=1S/C10H18ClNO4S/c11-4-1-2-10(14)12(5-6-13)9-3-7-17(15,16)8-9/h9,13H,1-8H2. The monoisotopic (exact) mass is 283 g/mol. The Morgan fingerprint density at radius 2 is 2.18 bits per heavy atom. The molecule has 0 radical (unpaired) electrons. The van der Waals surface area contributed by atoms with Crippen LogP contribution in [0.3, 0.4) is 0 Å². The number of rotatable bonds is 6. The minimum atomic E-state index is -3.01. The molecule has 1 heterocycles. The maximum absolute atomic E-state index is 11.9. The van der Waals surface area contributed by atoms with Crippen LogP contribution in [0.2, 0.25) is 0 Å². The first kappa shape index (κ1) is 14.7. The van der Waals surface area contributed by atoms with Crippen LogP contribution in [-0.2, 0) is 14.6 Å². The van der Waals surface area contributed by atoms with E-state index in [0.29, 0.717) is 25.1 Å². The molecule has 0 aromatic rings. The number of hydrogen-bond donors (Lipinski definition) is 1. The second kappa shape index (κ2) is 6.56. The summed E-state index contributed by atoms with van der Waals surface area (Å²) in [4.78, 5) is 13.3. The van der Waals surface area contributed by atoms with E-state index in [4.69, 9.17) is 16.7 Å². The zero-order chi connectivity index (χ0) is 12.9. The van der Waals surface area contributed by atoms with Gasteiger partial charge in [0.15, 0.2) is 9.84 Å². The van der Waals surface area contributed by atoms with Crippen molar-refractivity contribution in [2.45, 2.75) is 25.3 Å². The highest BCUT2D eigenvalue weighted by Gasteiger charge is 2.33. The Hall–Kier alpha value is -0.330. The van der Waals surface area contributed by atoms with Gasteiger partial charge in [0.1, 0.15) is 0 Å². The highest BCUT2D eigenvalue weighted by Crippen LogP contribution is 2.18. The van der Waals surface area contributed by atoms with Gasteiger partial charge in [-0.2, -0.15) is 0 Å². The summed E-state index contributed by atoms with van der Waals surface area (Å²) < 4.78 is 22.7. The average molecular weight is 284 g/mol. The molecule has 0 aromatic carbocycles. The third-order valence-electron chi connectivity index (χ3n) is 2.83. The molecule has 1 unspecified atom stereocenters. The van der Waals surface area contributed by atoms with Crippen LogP contribution in [-0.4, -0.2) is 60.9 Å². The number of amides is 1. The molecule has 100 valence electrons. The van der Waals surface area contributed by atoms with Crippen molar-refractivity contribution in [3.63, 3.8) is 0 Å². The fraction of sp³-hybridized carbons (Fsp3) is 0.900. The molecular weight excluding hydrogens is 266 g/mol. The van der Waals surface area contributed by atoms with E-state index in [1.807, 2.05) is 0 Å². The van der Waals surface area contributed by atoms with Gasteiger partial charge in [0.05, 0.1) is 18.1 Å². The van der Waals surface area contributed by atoms with E-state index < -0.39 is 9.84 Å². The third-order valence-corrected chi connectivity index (χ3v) is 4.85. The van der Waals surface area contributed by atoms with Crippen molar-refractivity contribution in [2.24, 2.45) is 0 Å². The summed E-state index contributed by atoms with van der Waals surface area (Å²) in [7, 11) is -3.01. The minimum absolute atomic E-state index is 0.0135. The molecule has 0 aliphatic carbocycles. The smallest absolute Gasteiger partial charge is 0.222 e. The summed E-state index contributed by atoms with van der Waals surface area (Å²) in [5, 5.41) is 8.93. The van der Waals surface area contributed by atoms with Crippen molar-refractivity contribution >= 4 is 27.3 Å². The Balaban J connectivity index is 2.62. The molecular formula is C10H18ClNO4S. The molecule has 5 nitrogen and oxygen atoms in total. The van der Waals surface area contributed by atoms with Gasteiger partial charge < -0.3 is 10.0 Å². The molecule has 0 saturated carbocycles. The van der Waals surface area contributed by atoms with Gasteiger partial charge in [0.2, 0.25) is 5.91 Å². The van der Waals surface area contributed by atoms with Crippen LogP contribution in [0.25, 0.3) is 0 Å². The lowest BCUT2D eigenvalue weighted by Gasteiger charge is -2.27. The third kappa shape index (κ3) is 4.44. The number of carbonyl (C=O) groups is 1. The summed E-state index contributed by atoms with van der Waals surface area (Å²) in [6.45, 7) is 0.0461. The molecule has 0 bridgehead atoms. The van der Waals surface area contributed by atoms with Crippen molar-refractivity contribution in [2.75, 3.05) is 30.5 Å². The number of hydrogen-bond acceptors (Lipinski definition) is 4. The second-order valence-corrected chi connectivity index (χ2v) is 6.77. The van der Waals surface area contributed by atoms with Crippen molar-refractivity contribution in [3.05, 3.63) is 0 Å². The molecule has 17 heavy (non-hydrogen) atoms. The molecule has 7 heteroatoms. The Bertz CT molecular complexity index is 357. The zero-order valence-electron chi connectivity index (χ0n) is 9.64.